The molecule has 1 aliphatic heterocycles. The number of hydrogen-bond donors (Lipinski definition) is 1. The number of aromatic nitrogens is 2. The van der Waals surface area contributed by atoms with Crippen molar-refractivity contribution in [3.05, 3.63) is 24.3 Å². The van der Waals surface area contributed by atoms with Crippen LogP contribution in [0.3, 0.4) is 0 Å². The van der Waals surface area contributed by atoms with E-state index in [1.165, 1.54) is 18.6 Å². The van der Waals surface area contributed by atoms with E-state index in [-0.39, 0.29) is 41.8 Å². The van der Waals surface area contributed by atoms with Gasteiger partial charge in [0.15, 0.2) is 0 Å². The molecular weight excluding hydrogens is 346 g/mol. The zero-order valence-corrected chi connectivity index (χ0v) is 16.4. The standard InChI is InChI=1S/C19H29N5O3/c1-4-24(5-2)19(27)14-7-6-8-15(13-23(3)17(25)11-14)22-18(26)16-12-20-9-10-21-16/h9-10,12,14-15H,4-8,11,13H2,1-3H3,(H,22,26)/t14-,15-/m1/s1. The molecule has 0 radical (unpaired) electrons. The van der Waals surface area contributed by atoms with Gasteiger partial charge in [0.05, 0.1) is 6.20 Å². The Bertz CT molecular complexity index is 648. The fraction of sp³-hybridized carbons (Fsp3) is 0.632. The van der Waals surface area contributed by atoms with E-state index in [2.05, 4.69) is 15.3 Å². The number of hydrogen-bond acceptors (Lipinski definition) is 5. The average molecular weight is 375 g/mol. The summed E-state index contributed by atoms with van der Waals surface area (Å²) in [5, 5.41) is 2.94. The maximum absolute atomic E-state index is 12.7. The molecule has 1 fully saturated rings. The van der Waals surface area contributed by atoms with Crippen molar-refractivity contribution in [1.82, 2.24) is 25.1 Å². The predicted octanol–water partition coefficient (Wildman–Crippen LogP) is 1.09. The summed E-state index contributed by atoms with van der Waals surface area (Å²) in [5.74, 6) is -0.622. The van der Waals surface area contributed by atoms with E-state index in [1.807, 2.05) is 13.8 Å². The lowest BCUT2D eigenvalue weighted by molar-refractivity contribution is -0.140. The molecule has 27 heavy (non-hydrogen) atoms. The van der Waals surface area contributed by atoms with Crippen molar-refractivity contribution in [1.29, 1.82) is 0 Å². The van der Waals surface area contributed by atoms with Crippen LogP contribution in [0, 0.1) is 5.92 Å². The first-order valence-electron chi connectivity index (χ1n) is 9.55. The van der Waals surface area contributed by atoms with Crippen LogP contribution in [0.2, 0.25) is 0 Å². The van der Waals surface area contributed by atoms with Gasteiger partial charge in [0.1, 0.15) is 5.69 Å². The van der Waals surface area contributed by atoms with Crippen LogP contribution in [0.4, 0.5) is 0 Å². The maximum atomic E-state index is 12.7. The van der Waals surface area contributed by atoms with Gasteiger partial charge in [-0.15, -0.1) is 0 Å². The molecule has 1 aromatic heterocycles. The molecule has 148 valence electrons. The first-order chi connectivity index (χ1) is 13.0. The quantitative estimate of drug-likeness (QED) is 0.831. The highest BCUT2D eigenvalue weighted by Gasteiger charge is 2.29. The number of carbonyl (C=O) groups excluding carboxylic acids is 3. The van der Waals surface area contributed by atoms with Crippen molar-refractivity contribution in [3.63, 3.8) is 0 Å². The minimum Gasteiger partial charge on any atom is -0.346 e. The van der Waals surface area contributed by atoms with E-state index in [1.54, 1.807) is 16.8 Å². The lowest BCUT2D eigenvalue weighted by atomic mass is 9.95. The predicted molar refractivity (Wildman–Crippen MR) is 101 cm³/mol. The van der Waals surface area contributed by atoms with Gasteiger partial charge in [0.25, 0.3) is 5.91 Å². The summed E-state index contributed by atoms with van der Waals surface area (Å²) in [7, 11) is 1.72. The molecule has 0 saturated carbocycles. The van der Waals surface area contributed by atoms with E-state index in [0.29, 0.717) is 32.5 Å². The molecule has 0 bridgehead atoms. The zero-order valence-electron chi connectivity index (χ0n) is 16.4. The Morgan fingerprint density at radius 2 is 2.00 bits per heavy atom. The highest BCUT2D eigenvalue weighted by atomic mass is 16.2. The average Bonchev–Trinajstić information content (AvgIpc) is 2.74. The molecule has 0 spiro atoms. The molecule has 3 amide bonds. The first-order valence-corrected chi connectivity index (χ1v) is 9.55. The minimum atomic E-state index is -0.302. The van der Waals surface area contributed by atoms with Crippen molar-refractivity contribution in [3.8, 4) is 0 Å². The second-order valence-electron chi connectivity index (χ2n) is 6.88. The number of carbonyl (C=O) groups is 3. The maximum Gasteiger partial charge on any atom is 0.271 e. The van der Waals surface area contributed by atoms with Crippen LogP contribution in [0.5, 0.6) is 0 Å². The number of amides is 3. The topological polar surface area (TPSA) is 95.5 Å². The third-order valence-corrected chi connectivity index (χ3v) is 5.00. The molecular formula is C19H29N5O3. The fourth-order valence-corrected chi connectivity index (χ4v) is 3.40. The first kappa shape index (κ1) is 20.8. The van der Waals surface area contributed by atoms with Crippen LogP contribution in [0.1, 0.15) is 50.0 Å². The minimum absolute atomic E-state index is 0.0452. The molecule has 0 unspecified atom stereocenters. The van der Waals surface area contributed by atoms with E-state index >= 15 is 0 Å². The second kappa shape index (κ2) is 9.99. The SMILES string of the molecule is CCN(CC)C(=O)[C@@H]1CCC[C@@H](NC(=O)c2cnccn2)CN(C)C(=O)C1. The molecule has 1 saturated heterocycles. The third kappa shape index (κ3) is 5.74. The smallest absolute Gasteiger partial charge is 0.271 e. The molecule has 8 heteroatoms. The summed E-state index contributed by atoms with van der Waals surface area (Å²) < 4.78 is 0. The Labute approximate surface area is 160 Å². The Morgan fingerprint density at radius 1 is 1.26 bits per heavy atom. The van der Waals surface area contributed by atoms with Crippen molar-refractivity contribution in [2.75, 3.05) is 26.7 Å². The number of nitrogens with one attached hydrogen (secondary N) is 1. The normalized spacial score (nSPS) is 21.0. The van der Waals surface area contributed by atoms with Crippen molar-refractivity contribution in [2.45, 2.75) is 45.6 Å². The molecule has 8 nitrogen and oxygen atoms in total. The fourth-order valence-electron chi connectivity index (χ4n) is 3.40. The van der Waals surface area contributed by atoms with Crippen LogP contribution in [-0.4, -0.2) is 70.2 Å². The molecule has 2 atom stereocenters. The number of likely N-dealkylation sites (N-methyl/N-ethyl adjacent to an activating group) is 1. The Balaban J connectivity index is 2.04. The van der Waals surface area contributed by atoms with Gasteiger partial charge in [-0.05, 0) is 26.7 Å². The van der Waals surface area contributed by atoms with Gasteiger partial charge in [-0.1, -0.05) is 6.42 Å². The van der Waals surface area contributed by atoms with Crippen molar-refractivity contribution in [2.24, 2.45) is 5.92 Å². The Hall–Kier alpha value is -2.51. The molecule has 1 aromatic rings. The van der Waals surface area contributed by atoms with Gasteiger partial charge in [0.2, 0.25) is 11.8 Å². The van der Waals surface area contributed by atoms with Gasteiger partial charge < -0.3 is 15.1 Å². The van der Waals surface area contributed by atoms with Gasteiger partial charge in [-0.2, -0.15) is 0 Å². The van der Waals surface area contributed by atoms with Crippen molar-refractivity contribution < 1.29 is 14.4 Å². The van der Waals surface area contributed by atoms with E-state index in [0.717, 1.165) is 6.42 Å². The van der Waals surface area contributed by atoms with E-state index < -0.39 is 0 Å². The summed E-state index contributed by atoms with van der Waals surface area (Å²) >= 11 is 0. The van der Waals surface area contributed by atoms with Crippen molar-refractivity contribution >= 4 is 17.7 Å². The zero-order chi connectivity index (χ0) is 19.8. The lowest BCUT2D eigenvalue weighted by Gasteiger charge is -2.26. The van der Waals surface area contributed by atoms with Crippen LogP contribution in [0.25, 0.3) is 0 Å². The van der Waals surface area contributed by atoms with Crippen LogP contribution >= 0.6 is 0 Å². The summed E-state index contributed by atoms with van der Waals surface area (Å²) in [6, 6.07) is -0.184. The molecule has 1 N–H and O–H groups in total. The summed E-state index contributed by atoms with van der Waals surface area (Å²) in [4.78, 5) is 48.9. The second-order valence-corrected chi connectivity index (χ2v) is 6.88. The monoisotopic (exact) mass is 375 g/mol. The molecule has 0 aliphatic carbocycles. The van der Waals surface area contributed by atoms with Gasteiger partial charge >= 0.3 is 0 Å². The molecule has 2 rings (SSSR count). The largest absolute Gasteiger partial charge is 0.346 e. The summed E-state index contributed by atoms with van der Waals surface area (Å²) in [6.07, 6.45) is 6.73. The van der Waals surface area contributed by atoms with E-state index in [4.69, 9.17) is 0 Å². The highest BCUT2D eigenvalue weighted by molar-refractivity contribution is 5.92. The Morgan fingerprint density at radius 3 is 2.63 bits per heavy atom. The van der Waals surface area contributed by atoms with Crippen LogP contribution in [0.15, 0.2) is 18.6 Å². The number of rotatable bonds is 5. The van der Waals surface area contributed by atoms with Gasteiger partial charge in [-0.25, -0.2) is 4.98 Å². The third-order valence-electron chi connectivity index (χ3n) is 5.00. The summed E-state index contributed by atoms with van der Waals surface area (Å²) in [6.45, 7) is 5.60. The molecule has 2 heterocycles. The van der Waals surface area contributed by atoms with Crippen LogP contribution in [-0.2, 0) is 9.59 Å². The summed E-state index contributed by atoms with van der Waals surface area (Å²) in [5.41, 5.74) is 0.251. The Kier molecular flexibility index (Phi) is 7.69. The lowest BCUT2D eigenvalue weighted by Crippen LogP contribution is -2.44. The van der Waals surface area contributed by atoms with Gasteiger partial charge in [-0.3, -0.25) is 19.4 Å². The van der Waals surface area contributed by atoms with Gasteiger partial charge in [0, 0.05) is 57.5 Å². The molecule has 1 aliphatic rings. The molecule has 0 aromatic carbocycles. The van der Waals surface area contributed by atoms with E-state index in [9.17, 15) is 14.4 Å². The number of nitrogens with zero attached hydrogens (tertiary/aromatic N) is 4. The highest BCUT2D eigenvalue weighted by Crippen LogP contribution is 2.21. The van der Waals surface area contributed by atoms with Crippen LogP contribution < -0.4 is 5.32 Å².